The Balaban J connectivity index is 1.89. The Labute approximate surface area is 168 Å². The number of rotatable bonds is 10. The number of carbonyl (C=O) groups excluding carboxylic acids is 2. The summed E-state index contributed by atoms with van der Waals surface area (Å²) < 4.78 is 20.0. The minimum Gasteiger partial charge on any atom is -0.494 e. The van der Waals surface area contributed by atoms with Crippen molar-refractivity contribution in [1.29, 1.82) is 0 Å². The first-order valence-electron chi connectivity index (χ1n) is 7.90. The third kappa shape index (κ3) is 6.67. The Morgan fingerprint density at radius 3 is 2.48 bits per heavy atom. The molecule has 0 aliphatic rings. The summed E-state index contributed by atoms with van der Waals surface area (Å²) in [5, 5.41) is 7.94. The number of thioether (sulfide) groups is 2. The van der Waals surface area contributed by atoms with Gasteiger partial charge >= 0.3 is 0 Å². The summed E-state index contributed by atoms with van der Waals surface area (Å²) in [6, 6.07) is 4.65. The molecule has 1 aromatic heterocycles. The number of nitrogens with zero attached hydrogens (tertiary/aromatic N) is 3. The maximum Gasteiger partial charge on any atom is 0.233 e. The number of nitrogens with two attached hydrogens (primary N) is 1. The van der Waals surface area contributed by atoms with Gasteiger partial charge in [-0.25, -0.2) is 4.39 Å². The largest absolute Gasteiger partial charge is 0.494 e. The number of benzene rings is 1. The van der Waals surface area contributed by atoms with E-state index in [0.717, 1.165) is 0 Å². The van der Waals surface area contributed by atoms with E-state index >= 15 is 0 Å². The molecule has 0 fully saturated rings. The minimum absolute atomic E-state index is 0.0831. The van der Waals surface area contributed by atoms with E-state index in [9.17, 15) is 14.0 Å². The highest BCUT2D eigenvalue weighted by molar-refractivity contribution is 8.03. The predicted octanol–water partition coefficient (Wildman–Crippen LogP) is 2.40. The second kappa shape index (κ2) is 10.5. The standard InChI is InChI=1S/C16H19FN4O3S3/c1-3-21(7-10-4-5-12(24-2)11(17)6-10)14(23)9-26-16-20-19-15(27-16)25-8-13(18)22/h4-6H,3,7-9H2,1-2H3,(H2,18,22). The van der Waals surface area contributed by atoms with Crippen LogP contribution in [-0.4, -0.2) is 52.1 Å². The topological polar surface area (TPSA) is 98.4 Å². The van der Waals surface area contributed by atoms with Gasteiger partial charge in [0.2, 0.25) is 11.8 Å². The zero-order chi connectivity index (χ0) is 19.8. The van der Waals surface area contributed by atoms with Crippen molar-refractivity contribution in [3.05, 3.63) is 29.6 Å². The zero-order valence-corrected chi connectivity index (χ0v) is 17.3. The number of carbonyl (C=O) groups is 2. The number of primary amides is 1. The average Bonchev–Trinajstić information content (AvgIpc) is 3.10. The average molecular weight is 431 g/mol. The van der Waals surface area contributed by atoms with Crippen molar-refractivity contribution in [2.24, 2.45) is 5.73 Å². The van der Waals surface area contributed by atoms with Gasteiger partial charge in [-0.05, 0) is 24.6 Å². The molecular formula is C16H19FN4O3S3. The number of halogens is 1. The van der Waals surface area contributed by atoms with Crippen LogP contribution < -0.4 is 10.5 Å². The molecule has 2 rings (SSSR count). The summed E-state index contributed by atoms with van der Waals surface area (Å²) in [4.78, 5) is 24.9. The molecule has 0 radical (unpaired) electrons. The van der Waals surface area contributed by atoms with Gasteiger partial charge in [0.05, 0.1) is 18.6 Å². The van der Waals surface area contributed by atoms with Crippen LogP contribution in [0.5, 0.6) is 5.75 Å². The first-order valence-corrected chi connectivity index (χ1v) is 10.7. The van der Waals surface area contributed by atoms with Crippen LogP contribution in [0.2, 0.25) is 0 Å². The summed E-state index contributed by atoms with van der Waals surface area (Å²) >= 11 is 3.80. The third-order valence-corrected chi connectivity index (χ3v) is 6.57. The molecule has 146 valence electrons. The van der Waals surface area contributed by atoms with E-state index in [-0.39, 0.29) is 23.2 Å². The van der Waals surface area contributed by atoms with Gasteiger partial charge in [-0.1, -0.05) is 40.9 Å². The molecule has 0 saturated carbocycles. The molecule has 2 N–H and O–H groups in total. The van der Waals surface area contributed by atoms with Gasteiger partial charge in [-0.15, -0.1) is 10.2 Å². The summed E-state index contributed by atoms with van der Waals surface area (Å²) in [6.45, 7) is 2.68. The first-order chi connectivity index (χ1) is 12.9. The van der Waals surface area contributed by atoms with E-state index in [1.807, 2.05) is 6.92 Å². The quantitative estimate of drug-likeness (QED) is 0.578. The summed E-state index contributed by atoms with van der Waals surface area (Å²) in [5.74, 6) is -0.455. The van der Waals surface area contributed by atoms with Gasteiger partial charge in [0.25, 0.3) is 0 Å². The second-order valence-corrected chi connectivity index (χ2v) is 8.68. The number of hydrogen-bond donors (Lipinski definition) is 1. The van der Waals surface area contributed by atoms with Crippen molar-refractivity contribution >= 4 is 46.7 Å². The summed E-state index contributed by atoms with van der Waals surface area (Å²) in [7, 11) is 1.41. The van der Waals surface area contributed by atoms with Crippen LogP contribution in [0.15, 0.2) is 26.9 Å². The smallest absolute Gasteiger partial charge is 0.233 e. The molecule has 2 amide bonds. The molecule has 7 nitrogen and oxygen atoms in total. The maximum absolute atomic E-state index is 13.8. The van der Waals surface area contributed by atoms with Crippen LogP contribution in [-0.2, 0) is 16.1 Å². The molecule has 2 aromatic rings. The van der Waals surface area contributed by atoms with E-state index in [4.69, 9.17) is 10.5 Å². The van der Waals surface area contributed by atoms with Crippen molar-refractivity contribution in [2.75, 3.05) is 25.2 Å². The highest BCUT2D eigenvalue weighted by Gasteiger charge is 2.15. The van der Waals surface area contributed by atoms with E-state index in [0.29, 0.717) is 27.3 Å². The maximum atomic E-state index is 13.8. The zero-order valence-electron chi connectivity index (χ0n) is 14.8. The molecule has 0 spiro atoms. The molecule has 0 aliphatic carbocycles. The number of ether oxygens (including phenoxy) is 1. The van der Waals surface area contributed by atoms with Crippen molar-refractivity contribution in [3.63, 3.8) is 0 Å². The molecule has 0 unspecified atom stereocenters. The van der Waals surface area contributed by atoms with Crippen LogP contribution in [0, 0.1) is 5.82 Å². The third-order valence-electron chi connectivity index (χ3n) is 3.37. The lowest BCUT2D eigenvalue weighted by Crippen LogP contribution is -2.31. The van der Waals surface area contributed by atoms with Gasteiger partial charge in [0.15, 0.2) is 20.2 Å². The van der Waals surface area contributed by atoms with Crippen LogP contribution in [0.25, 0.3) is 0 Å². The monoisotopic (exact) mass is 430 g/mol. The fourth-order valence-electron chi connectivity index (χ4n) is 2.07. The molecular weight excluding hydrogens is 411 g/mol. The highest BCUT2D eigenvalue weighted by Crippen LogP contribution is 2.29. The Kier molecular flexibility index (Phi) is 8.32. The summed E-state index contributed by atoms with van der Waals surface area (Å²) in [6.07, 6.45) is 0. The van der Waals surface area contributed by atoms with Crippen molar-refractivity contribution < 1.29 is 18.7 Å². The van der Waals surface area contributed by atoms with E-state index < -0.39 is 11.7 Å². The van der Waals surface area contributed by atoms with Crippen molar-refractivity contribution in [1.82, 2.24) is 15.1 Å². The van der Waals surface area contributed by atoms with Gasteiger partial charge in [-0.3, -0.25) is 9.59 Å². The fraction of sp³-hybridized carbons (Fsp3) is 0.375. The number of aromatic nitrogens is 2. The SMILES string of the molecule is CCN(Cc1ccc(OC)c(F)c1)C(=O)CSc1nnc(SCC(N)=O)s1. The lowest BCUT2D eigenvalue weighted by molar-refractivity contribution is -0.128. The van der Waals surface area contributed by atoms with Gasteiger partial charge in [-0.2, -0.15) is 0 Å². The fourth-order valence-corrected chi connectivity index (χ4v) is 4.73. The number of amides is 2. The Bertz CT molecular complexity index is 803. The first kappa shape index (κ1) is 21.5. The molecule has 11 heteroatoms. The summed E-state index contributed by atoms with van der Waals surface area (Å²) in [5.41, 5.74) is 5.78. The lowest BCUT2D eigenvalue weighted by Gasteiger charge is -2.21. The molecule has 0 aliphatic heterocycles. The lowest BCUT2D eigenvalue weighted by atomic mass is 10.2. The minimum atomic E-state index is -0.456. The number of methoxy groups -OCH3 is 1. The number of hydrogen-bond acceptors (Lipinski definition) is 8. The van der Waals surface area contributed by atoms with Crippen molar-refractivity contribution in [3.8, 4) is 5.75 Å². The molecule has 0 saturated heterocycles. The van der Waals surface area contributed by atoms with Crippen molar-refractivity contribution in [2.45, 2.75) is 22.1 Å². The van der Waals surface area contributed by atoms with Gasteiger partial charge < -0.3 is 15.4 Å². The van der Waals surface area contributed by atoms with Crippen LogP contribution in [0.4, 0.5) is 4.39 Å². The van der Waals surface area contributed by atoms with Gasteiger partial charge in [0.1, 0.15) is 0 Å². The molecule has 0 atom stereocenters. The van der Waals surface area contributed by atoms with Crippen LogP contribution in [0.3, 0.4) is 0 Å². The second-order valence-electron chi connectivity index (χ2n) is 5.25. The van der Waals surface area contributed by atoms with Crippen LogP contribution in [0.1, 0.15) is 12.5 Å². The predicted molar refractivity (Wildman–Crippen MR) is 105 cm³/mol. The van der Waals surface area contributed by atoms with E-state index in [1.54, 1.807) is 17.0 Å². The van der Waals surface area contributed by atoms with E-state index in [2.05, 4.69) is 10.2 Å². The van der Waals surface area contributed by atoms with Gasteiger partial charge in [0, 0.05) is 13.1 Å². The Morgan fingerprint density at radius 1 is 1.26 bits per heavy atom. The van der Waals surface area contributed by atoms with E-state index in [1.165, 1.54) is 48.0 Å². The molecule has 27 heavy (non-hydrogen) atoms. The highest BCUT2D eigenvalue weighted by atomic mass is 32.2. The Hall–Kier alpha value is -1.85. The van der Waals surface area contributed by atoms with Crippen LogP contribution >= 0.6 is 34.9 Å². The molecule has 0 bridgehead atoms. The molecule has 1 heterocycles. The molecule has 1 aromatic carbocycles. The Morgan fingerprint density at radius 2 is 1.93 bits per heavy atom. The normalized spacial score (nSPS) is 10.6.